The number of alkyl halides is 2. The number of aromatic nitrogens is 4. The summed E-state index contributed by atoms with van der Waals surface area (Å²) in [6, 6.07) is 16.5. The Morgan fingerprint density at radius 2 is 1.86 bits per heavy atom. The van der Waals surface area contributed by atoms with Gasteiger partial charge in [0.05, 0.1) is 6.54 Å². The van der Waals surface area contributed by atoms with Crippen molar-refractivity contribution in [1.29, 1.82) is 0 Å². The molecule has 10 heteroatoms. The van der Waals surface area contributed by atoms with E-state index in [0.717, 1.165) is 31.4 Å². The first-order chi connectivity index (χ1) is 17.9. The Kier molecular flexibility index (Phi) is 7.18. The molecule has 8 nitrogen and oxygen atoms in total. The predicted octanol–water partition coefficient (Wildman–Crippen LogP) is 3.49. The Labute approximate surface area is 213 Å². The maximum atomic E-state index is 13.6. The van der Waals surface area contributed by atoms with E-state index in [1.54, 1.807) is 23.7 Å². The van der Waals surface area contributed by atoms with Gasteiger partial charge in [0.25, 0.3) is 5.56 Å². The number of hydrogen-bond donors (Lipinski definition) is 1. The van der Waals surface area contributed by atoms with Crippen LogP contribution in [-0.4, -0.2) is 44.8 Å². The Bertz CT molecular complexity index is 1440. The second-order valence-electron chi connectivity index (χ2n) is 9.42. The van der Waals surface area contributed by atoms with Gasteiger partial charge in [0.1, 0.15) is 11.6 Å². The van der Waals surface area contributed by atoms with E-state index in [2.05, 4.69) is 21.8 Å². The topological polar surface area (TPSA) is 91.2 Å². The van der Waals surface area contributed by atoms with Gasteiger partial charge in [-0.2, -0.15) is 13.8 Å². The lowest BCUT2D eigenvalue weighted by Crippen LogP contribution is -2.44. The van der Waals surface area contributed by atoms with E-state index in [-0.39, 0.29) is 23.9 Å². The van der Waals surface area contributed by atoms with Crippen molar-refractivity contribution in [2.45, 2.75) is 44.9 Å². The molecule has 0 saturated carbocycles. The van der Waals surface area contributed by atoms with Gasteiger partial charge in [-0.25, -0.2) is 4.98 Å². The van der Waals surface area contributed by atoms with E-state index in [9.17, 15) is 13.6 Å². The van der Waals surface area contributed by atoms with Gasteiger partial charge in [0.15, 0.2) is 11.2 Å². The maximum Gasteiger partial charge on any atom is 0.387 e. The Morgan fingerprint density at radius 3 is 2.62 bits per heavy atom. The first-order valence-corrected chi connectivity index (χ1v) is 12.4. The highest BCUT2D eigenvalue weighted by atomic mass is 19.3. The lowest BCUT2D eigenvalue weighted by Gasteiger charge is -2.31. The van der Waals surface area contributed by atoms with Crippen LogP contribution in [-0.2, 0) is 26.4 Å². The molecule has 3 heterocycles. The van der Waals surface area contributed by atoms with Gasteiger partial charge in [-0.05, 0) is 42.5 Å². The summed E-state index contributed by atoms with van der Waals surface area (Å²) in [5.41, 5.74) is 8.67. The van der Waals surface area contributed by atoms with Crippen molar-refractivity contribution in [2.75, 3.05) is 18.0 Å². The number of halogens is 2. The van der Waals surface area contributed by atoms with Crippen LogP contribution in [0.15, 0.2) is 59.4 Å². The summed E-state index contributed by atoms with van der Waals surface area (Å²) >= 11 is 0. The number of hydrogen-bond acceptors (Lipinski definition) is 6. The highest BCUT2D eigenvalue weighted by Crippen LogP contribution is 2.25. The third-order valence-corrected chi connectivity index (χ3v) is 6.74. The van der Waals surface area contributed by atoms with Crippen LogP contribution in [0.5, 0.6) is 5.75 Å². The van der Waals surface area contributed by atoms with Gasteiger partial charge in [-0.3, -0.25) is 13.9 Å². The van der Waals surface area contributed by atoms with Crippen molar-refractivity contribution in [3.05, 3.63) is 81.9 Å². The molecule has 5 rings (SSSR count). The zero-order chi connectivity index (χ0) is 25.9. The van der Waals surface area contributed by atoms with Crippen LogP contribution in [0.3, 0.4) is 0 Å². The summed E-state index contributed by atoms with van der Waals surface area (Å²) in [4.78, 5) is 25.3. The van der Waals surface area contributed by atoms with E-state index in [4.69, 9.17) is 15.7 Å². The largest absolute Gasteiger partial charge is 0.435 e. The standard InChI is InChI=1S/C27H30F2N6O2/c1-33-22(13-12-18-7-3-2-4-8-18)31-24-23(25(33)36)35(27(32-24)34-14-6-10-20(30)17-34)16-19-9-5-11-21(15-19)37-26(28)29/h2-5,7-9,11,15,20,26H,6,10,12-14,16-17,30H2,1H3. The molecule has 2 N–H and O–H groups in total. The van der Waals surface area contributed by atoms with Crippen molar-refractivity contribution in [1.82, 2.24) is 19.1 Å². The van der Waals surface area contributed by atoms with Crippen LogP contribution in [0.2, 0.25) is 0 Å². The highest BCUT2D eigenvalue weighted by molar-refractivity contribution is 5.74. The Hall–Kier alpha value is -3.79. The minimum absolute atomic E-state index is 0.00186. The SMILES string of the molecule is Cn1c(CCc2ccccc2)nc2nc(N3CCCC(N)C3)n(Cc3cccc(OC(F)F)c3)c2c1=O. The number of nitrogens with two attached hydrogens (primary N) is 1. The van der Waals surface area contributed by atoms with Crippen LogP contribution in [0.25, 0.3) is 11.2 Å². The normalized spacial score (nSPS) is 16.0. The highest BCUT2D eigenvalue weighted by Gasteiger charge is 2.25. The first-order valence-electron chi connectivity index (χ1n) is 12.4. The number of aryl methyl sites for hydroxylation is 2. The second kappa shape index (κ2) is 10.7. The molecular weight excluding hydrogens is 478 g/mol. The summed E-state index contributed by atoms with van der Waals surface area (Å²) in [5, 5.41) is 0. The Morgan fingerprint density at radius 1 is 1.08 bits per heavy atom. The molecule has 4 aromatic rings. The van der Waals surface area contributed by atoms with Crippen LogP contribution < -0.4 is 20.9 Å². The van der Waals surface area contributed by atoms with E-state index < -0.39 is 6.61 Å². The molecule has 2 aromatic carbocycles. The average Bonchev–Trinajstić information content (AvgIpc) is 3.24. The van der Waals surface area contributed by atoms with Crippen molar-refractivity contribution in [2.24, 2.45) is 12.8 Å². The van der Waals surface area contributed by atoms with Crippen LogP contribution in [0, 0.1) is 0 Å². The molecular formula is C27H30F2N6O2. The number of piperidine rings is 1. The third-order valence-electron chi connectivity index (χ3n) is 6.74. The molecule has 0 radical (unpaired) electrons. The fourth-order valence-corrected chi connectivity index (χ4v) is 4.90. The molecule has 1 saturated heterocycles. The molecule has 0 bridgehead atoms. The summed E-state index contributed by atoms with van der Waals surface area (Å²) in [7, 11) is 1.72. The molecule has 1 atom stereocenters. The number of imidazole rings is 1. The van der Waals surface area contributed by atoms with Gasteiger partial charge < -0.3 is 15.4 Å². The molecule has 1 fully saturated rings. The number of anilines is 1. The molecule has 0 amide bonds. The second-order valence-corrected chi connectivity index (χ2v) is 9.42. The third kappa shape index (κ3) is 5.48. The minimum atomic E-state index is -2.92. The summed E-state index contributed by atoms with van der Waals surface area (Å²) in [6.07, 6.45) is 3.18. The fourth-order valence-electron chi connectivity index (χ4n) is 4.90. The van der Waals surface area contributed by atoms with Crippen LogP contribution >= 0.6 is 0 Å². The molecule has 1 aliphatic heterocycles. The number of nitrogens with zero attached hydrogens (tertiary/aromatic N) is 5. The first kappa shape index (κ1) is 24.9. The van der Waals surface area contributed by atoms with Crippen molar-refractivity contribution in [3.8, 4) is 5.75 Å². The van der Waals surface area contributed by atoms with Gasteiger partial charge in [0.2, 0.25) is 5.95 Å². The van der Waals surface area contributed by atoms with Crippen molar-refractivity contribution >= 4 is 17.1 Å². The molecule has 0 spiro atoms. The van der Waals surface area contributed by atoms with Gasteiger partial charge >= 0.3 is 6.61 Å². The Balaban J connectivity index is 1.56. The van der Waals surface area contributed by atoms with Crippen molar-refractivity contribution < 1.29 is 13.5 Å². The number of ether oxygens (including phenoxy) is 1. The number of benzene rings is 2. The molecule has 37 heavy (non-hydrogen) atoms. The zero-order valence-electron chi connectivity index (χ0n) is 20.7. The van der Waals surface area contributed by atoms with E-state index in [1.165, 1.54) is 6.07 Å². The summed E-state index contributed by atoms with van der Waals surface area (Å²) in [5.74, 6) is 1.32. The average molecular weight is 509 g/mol. The monoisotopic (exact) mass is 508 g/mol. The van der Waals surface area contributed by atoms with E-state index in [0.29, 0.717) is 41.5 Å². The molecule has 1 unspecified atom stereocenters. The van der Waals surface area contributed by atoms with Gasteiger partial charge in [-0.15, -0.1) is 0 Å². The van der Waals surface area contributed by atoms with Crippen LogP contribution in [0.4, 0.5) is 14.7 Å². The number of fused-ring (bicyclic) bond motifs is 1. The summed E-state index contributed by atoms with van der Waals surface area (Å²) in [6.45, 7) is -1.30. The molecule has 1 aliphatic rings. The zero-order valence-corrected chi connectivity index (χ0v) is 20.7. The van der Waals surface area contributed by atoms with E-state index in [1.807, 2.05) is 28.8 Å². The van der Waals surface area contributed by atoms with Crippen molar-refractivity contribution in [3.63, 3.8) is 0 Å². The van der Waals surface area contributed by atoms with E-state index >= 15 is 0 Å². The predicted molar refractivity (Wildman–Crippen MR) is 138 cm³/mol. The fraction of sp³-hybridized carbons (Fsp3) is 0.370. The van der Waals surface area contributed by atoms with Crippen LogP contribution in [0.1, 0.15) is 29.8 Å². The lowest BCUT2D eigenvalue weighted by atomic mass is 10.1. The van der Waals surface area contributed by atoms with Gasteiger partial charge in [-0.1, -0.05) is 42.5 Å². The molecule has 194 valence electrons. The smallest absolute Gasteiger partial charge is 0.387 e. The quantitative estimate of drug-likeness (QED) is 0.392. The maximum absolute atomic E-state index is 13.6. The molecule has 0 aliphatic carbocycles. The minimum Gasteiger partial charge on any atom is -0.435 e. The number of rotatable bonds is 8. The van der Waals surface area contributed by atoms with Gasteiger partial charge in [0, 0.05) is 32.6 Å². The lowest BCUT2D eigenvalue weighted by molar-refractivity contribution is -0.0498. The molecule has 2 aromatic heterocycles. The summed E-state index contributed by atoms with van der Waals surface area (Å²) < 4.78 is 33.5.